The van der Waals surface area contributed by atoms with Crippen LogP contribution in [0, 0.1) is 0 Å². The molecule has 1 saturated heterocycles. The van der Waals surface area contributed by atoms with Crippen LogP contribution in [-0.2, 0) is 14.6 Å². The average Bonchev–Trinajstić information content (AvgIpc) is 3.01. The van der Waals surface area contributed by atoms with Crippen molar-refractivity contribution in [1.82, 2.24) is 5.32 Å². The second-order valence-corrected chi connectivity index (χ2v) is 11.3. The Hall–Kier alpha value is -3.69. The molecule has 2 amide bonds. The van der Waals surface area contributed by atoms with Crippen LogP contribution in [0.4, 0.5) is 11.4 Å². The lowest BCUT2D eigenvalue weighted by Crippen LogP contribution is -2.42. The molecule has 0 spiro atoms. The van der Waals surface area contributed by atoms with E-state index in [-0.39, 0.29) is 22.1 Å². The molecule has 0 aromatic heterocycles. The van der Waals surface area contributed by atoms with Gasteiger partial charge in [0.1, 0.15) is 0 Å². The lowest BCUT2D eigenvalue weighted by atomic mass is 10.0. The van der Waals surface area contributed by atoms with Gasteiger partial charge in [0.25, 0.3) is 11.8 Å². The summed E-state index contributed by atoms with van der Waals surface area (Å²) in [5.41, 5.74) is 3.58. The van der Waals surface area contributed by atoms with Gasteiger partial charge in [-0.25, -0.2) is 13.4 Å². The second-order valence-electron chi connectivity index (χ2n) is 8.56. The molecule has 2 heterocycles. The van der Waals surface area contributed by atoms with E-state index in [4.69, 9.17) is 11.6 Å². The molecule has 3 aromatic carbocycles. The number of hydrogen-bond donors (Lipinski definition) is 2. The Balaban J connectivity index is 1.45. The van der Waals surface area contributed by atoms with Crippen molar-refractivity contribution in [2.75, 3.05) is 34.8 Å². The Morgan fingerprint density at radius 2 is 1.69 bits per heavy atom. The molecule has 1 fully saturated rings. The van der Waals surface area contributed by atoms with Gasteiger partial charge in [-0.15, -0.1) is 0 Å². The Bertz CT molecular complexity index is 1460. The number of anilines is 2. The normalized spacial score (nSPS) is 18.9. The Morgan fingerprint density at radius 1 is 1.00 bits per heavy atom. The van der Waals surface area contributed by atoms with Gasteiger partial charge < -0.3 is 15.5 Å². The number of aliphatic imine (C=N–C) groups is 1. The lowest BCUT2D eigenvalue weighted by molar-refractivity contribution is -0.117. The average molecular weight is 523 g/mol. The molecule has 36 heavy (non-hydrogen) atoms. The summed E-state index contributed by atoms with van der Waals surface area (Å²) in [6, 6.07) is 21.7. The standard InChI is InChI=1S/C26H23ClN4O4S/c27-21-11-10-18(31-12-14-36(34,35)15-13-31)16-20(21)25(32)30-24-26(33)28-22-9-5-4-8-19(22)23(29-24)17-6-2-1-3-7-17/h1-11,16,24H,12-15H2,(H,28,33)(H,30,32)/t24-/m1/s1. The fourth-order valence-electron chi connectivity index (χ4n) is 4.24. The second kappa shape index (κ2) is 9.75. The summed E-state index contributed by atoms with van der Waals surface area (Å²) in [7, 11) is -3.04. The number of benzene rings is 3. The van der Waals surface area contributed by atoms with Crippen molar-refractivity contribution in [2.45, 2.75) is 6.17 Å². The van der Waals surface area contributed by atoms with E-state index in [1.54, 1.807) is 24.3 Å². The fraction of sp³-hybridized carbons (Fsp3) is 0.192. The number of nitrogens with one attached hydrogen (secondary N) is 2. The van der Waals surface area contributed by atoms with E-state index in [9.17, 15) is 18.0 Å². The monoisotopic (exact) mass is 522 g/mol. The molecule has 0 saturated carbocycles. The van der Waals surface area contributed by atoms with Crippen molar-refractivity contribution in [3.8, 4) is 0 Å². The van der Waals surface area contributed by atoms with E-state index in [0.29, 0.717) is 30.2 Å². The molecule has 0 aliphatic carbocycles. The molecule has 3 aromatic rings. The molecule has 5 rings (SSSR count). The zero-order valence-corrected chi connectivity index (χ0v) is 20.7. The molecule has 0 radical (unpaired) electrons. The summed E-state index contributed by atoms with van der Waals surface area (Å²) < 4.78 is 23.6. The van der Waals surface area contributed by atoms with Crippen LogP contribution in [0.5, 0.6) is 0 Å². The molecular formula is C26H23ClN4O4S. The summed E-state index contributed by atoms with van der Waals surface area (Å²) in [5, 5.41) is 5.77. The first-order valence-corrected chi connectivity index (χ1v) is 13.6. The first-order chi connectivity index (χ1) is 17.3. The molecular weight excluding hydrogens is 500 g/mol. The molecule has 0 unspecified atom stereocenters. The summed E-state index contributed by atoms with van der Waals surface area (Å²) in [6.07, 6.45) is -1.19. The van der Waals surface area contributed by atoms with Crippen molar-refractivity contribution in [3.63, 3.8) is 0 Å². The number of fused-ring (bicyclic) bond motifs is 1. The van der Waals surface area contributed by atoms with Crippen LogP contribution in [0.3, 0.4) is 0 Å². The number of nitrogens with zero attached hydrogens (tertiary/aromatic N) is 2. The molecule has 0 bridgehead atoms. The summed E-state index contributed by atoms with van der Waals surface area (Å²) in [6.45, 7) is 0.665. The number of rotatable bonds is 4. The number of amides is 2. The van der Waals surface area contributed by atoms with Crippen molar-refractivity contribution < 1.29 is 18.0 Å². The van der Waals surface area contributed by atoms with Crippen molar-refractivity contribution >= 4 is 50.3 Å². The molecule has 2 aliphatic rings. The van der Waals surface area contributed by atoms with E-state index >= 15 is 0 Å². The number of benzodiazepines with no additional fused rings is 1. The lowest BCUT2D eigenvalue weighted by Gasteiger charge is -2.29. The van der Waals surface area contributed by atoms with Gasteiger partial charge in [-0.2, -0.15) is 0 Å². The van der Waals surface area contributed by atoms with Crippen LogP contribution in [0.15, 0.2) is 77.8 Å². The Kier molecular flexibility index (Phi) is 6.51. The third-order valence-electron chi connectivity index (χ3n) is 6.17. The van der Waals surface area contributed by atoms with Crippen molar-refractivity contribution in [2.24, 2.45) is 4.99 Å². The van der Waals surface area contributed by atoms with E-state index in [0.717, 1.165) is 11.1 Å². The SMILES string of the molecule is O=C(N[C@H]1N=C(c2ccccc2)c2ccccc2NC1=O)c1cc(N2CCS(=O)(=O)CC2)ccc1Cl. The number of carbonyl (C=O) groups excluding carboxylic acids is 2. The van der Waals surface area contributed by atoms with Crippen LogP contribution in [-0.4, -0.2) is 56.7 Å². The first-order valence-electron chi connectivity index (χ1n) is 11.4. The third-order valence-corrected chi connectivity index (χ3v) is 8.10. The van der Waals surface area contributed by atoms with E-state index < -0.39 is 27.8 Å². The van der Waals surface area contributed by atoms with Gasteiger partial charge in [-0.3, -0.25) is 9.59 Å². The summed E-state index contributed by atoms with van der Waals surface area (Å²) in [4.78, 5) is 32.9. The van der Waals surface area contributed by atoms with Crippen LogP contribution in [0.2, 0.25) is 5.02 Å². The van der Waals surface area contributed by atoms with Gasteiger partial charge >= 0.3 is 0 Å². The molecule has 184 valence electrons. The van der Waals surface area contributed by atoms with Gasteiger partial charge in [0.15, 0.2) is 9.84 Å². The maximum Gasteiger partial charge on any atom is 0.269 e. The van der Waals surface area contributed by atoms with Gasteiger partial charge in [-0.1, -0.05) is 60.1 Å². The highest BCUT2D eigenvalue weighted by atomic mass is 35.5. The minimum absolute atomic E-state index is 0.0525. The number of para-hydroxylation sites is 1. The van der Waals surface area contributed by atoms with E-state index in [1.165, 1.54) is 0 Å². The minimum atomic E-state index is -3.04. The zero-order valence-electron chi connectivity index (χ0n) is 19.1. The highest BCUT2D eigenvalue weighted by Gasteiger charge is 2.28. The highest BCUT2D eigenvalue weighted by Crippen LogP contribution is 2.26. The zero-order chi connectivity index (χ0) is 25.3. The fourth-order valence-corrected chi connectivity index (χ4v) is 5.64. The highest BCUT2D eigenvalue weighted by molar-refractivity contribution is 7.91. The first kappa shape index (κ1) is 24.0. The predicted molar refractivity (Wildman–Crippen MR) is 141 cm³/mol. The smallest absolute Gasteiger partial charge is 0.269 e. The molecule has 1 atom stereocenters. The number of carbonyl (C=O) groups is 2. The molecule has 2 aliphatic heterocycles. The van der Waals surface area contributed by atoms with E-state index in [1.807, 2.05) is 53.4 Å². The maximum atomic E-state index is 13.3. The topological polar surface area (TPSA) is 108 Å². The van der Waals surface area contributed by atoms with Gasteiger partial charge in [0, 0.05) is 29.9 Å². The van der Waals surface area contributed by atoms with E-state index in [2.05, 4.69) is 15.6 Å². The summed E-state index contributed by atoms with van der Waals surface area (Å²) in [5.74, 6) is -0.933. The third kappa shape index (κ3) is 4.98. The Labute approximate surface area is 213 Å². The van der Waals surface area contributed by atoms with Crippen LogP contribution >= 0.6 is 11.6 Å². The number of hydrogen-bond acceptors (Lipinski definition) is 6. The van der Waals surface area contributed by atoms with Crippen LogP contribution < -0.4 is 15.5 Å². The van der Waals surface area contributed by atoms with Crippen molar-refractivity contribution in [3.05, 3.63) is 94.5 Å². The van der Waals surface area contributed by atoms with Gasteiger partial charge in [0.2, 0.25) is 6.17 Å². The summed E-state index contributed by atoms with van der Waals surface area (Å²) >= 11 is 6.35. The quantitative estimate of drug-likeness (QED) is 0.547. The van der Waals surface area contributed by atoms with Crippen LogP contribution in [0.1, 0.15) is 21.5 Å². The Morgan fingerprint density at radius 3 is 2.44 bits per heavy atom. The number of sulfone groups is 1. The molecule has 2 N–H and O–H groups in total. The molecule has 10 heteroatoms. The largest absolute Gasteiger partial charge is 0.369 e. The molecule has 8 nitrogen and oxygen atoms in total. The van der Waals surface area contributed by atoms with Gasteiger partial charge in [-0.05, 0) is 24.3 Å². The maximum absolute atomic E-state index is 13.3. The number of halogens is 1. The predicted octanol–water partition coefficient (Wildman–Crippen LogP) is 3.12. The van der Waals surface area contributed by atoms with Crippen LogP contribution in [0.25, 0.3) is 0 Å². The van der Waals surface area contributed by atoms with Crippen molar-refractivity contribution in [1.29, 1.82) is 0 Å². The van der Waals surface area contributed by atoms with Gasteiger partial charge in [0.05, 0.1) is 33.5 Å². The minimum Gasteiger partial charge on any atom is -0.369 e.